The molecule has 0 radical (unpaired) electrons. The summed E-state index contributed by atoms with van der Waals surface area (Å²) in [4.78, 5) is 23.9. The van der Waals surface area contributed by atoms with Crippen LogP contribution in [-0.2, 0) is 20.9 Å². The summed E-state index contributed by atoms with van der Waals surface area (Å²) in [5.74, 6) is 0.943. The van der Waals surface area contributed by atoms with Crippen LogP contribution in [0.25, 0.3) is 6.08 Å². The fourth-order valence-corrected chi connectivity index (χ4v) is 2.67. The molecule has 0 aliphatic rings. The van der Waals surface area contributed by atoms with Gasteiger partial charge in [0.25, 0.3) is 5.91 Å². The third-order valence-electron chi connectivity index (χ3n) is 4.16. The molecule has 0 heterocycles. The average Bonchev–Trinajstić information content (AvgIpc) is 2.79. The molecule has 0 aliphatic heterocycles. The molecule has 2 aromatic carbocycles. The van der Waals surface area contributed by atoms with Gasteiger partial charge in [-0.2, -0.15) is 0 Å². The van der Waals surface area contributed by atoms with E-state index in [4.69, 9.17) is 18.9 Å². The second-order valence-electron chi connectivity index (χ2n) is 6.52. The Hall–Kier alpha value is -3.48. The van der Waals surface area contributed by atoms with Crippen LogP contribution in [0, 0.1) is 0 Å². The lowest BCUT2D eigenvalue weighted by Gasteiger charge is -2.12. The lowest BCUT2D eigenvalue weighted by molar-refractivity contribution is -0.143. The molecule has 166 valence electrons. The predicted molar refractivity (Wildman–Crippen MR) is 118 cm³/mol. The Labute approximate surface area is 183 Å². The molecule has 0 fully saturated rings. The van der Waals surface area contributed by atoms with Gasteiger partial charge in [-0.1, -0.05) is 31.2 Å². The van der Waals surface area contributed by atoms with Crippen LogP contribution in [0.2, 0.25) is 0 Å². The fraction of sp³-hybridized carbons (Fsp3) is 0.333. The molecular weight excluding hydrogens is 398 g/mol. The van der Waals surface area contributed by atoms with E-state index in [-0.39, 0.29) is 13.2 Å². The molecule has 2 aromatic rings. The van der Waals surface area contributed by atoms with Crippen LogP contribution in [0.3, 0.4) is 0 Å². The van der Waals surface area contributed by atoms with Gasteiger partial charge in [0.1, 0.15) is 5.75 Å². The van der Waals surface area contributed by atoms with Crippen molar-refractivity contribution in [3.8, 4) is 17.2 Å². The zero-order chi connectivity index (χ0) is 22.5. The number of carbonyl (C=O) groups is 2. The number of ether oxygens (including phenoxy) is 4. The maximum atomic E-state index is 12.0. The minimum Gasteiger partial charge on any atom is -0.496 e. The van der Waals surface area contributed by atoms with Gasteiger partial charge < -0.3 is 24.3 Å². The number of para-hydroxylation sites is 1. The highest BCUT2D eigenvalue weighted by atomic mass is 16.5. The number of benzene rings is 2. The molecule has 7 nitrogen and oxygen atoms in total. The number of rotatable bonds is 12. The van der Waals surface area contributed by atoms with Crippen LogP contribution in [0.1, 0.15) is 31.4 Å². The Kier molecular flexibility index (Phi) is 9.94. The Morgan fingerprint density at radius 1 is 1.00 bits per heavy atom. The van der Waals surface area contributed by atoms with Gasteiger partial charge in [-0.3, -0.25) is 4.79 Å². The summed E-state index contributed by atoms with van der Waals surface area (Å²) in [6.45, 7) is 4.93. The topological polar surface area (TPSA) is 83.1 Å². The molecule has 0 unspecified atom stereocenters. The van der Waals surface area contributed by atoms with E-state index in [1.54, 1.807) is 25.3 Å². The molecule has 0 aliphatic carbocycles. The van der Waals surface area contributed by atoms with Gasteiger partial charge in [-0.05, 0) is 43.2 Å². The number of methoxy groups -OCH3 is 1. The first-order valence-corrected chi connectivity index (χ1v) is 10.2. The second kappa shape index (κ2) is 13.0. The van der Waals surface area contributed by atoms with Gasteiger partial charge in [0.15, 0.2) is 18.1 Å². The van der Waals surface area contributed by atoms with Crippen molar-refractivity contribution in [3.05, 3.63) is 59.7 Å². The third kappa shape index (κ3) is 8.04. The van der Waals surface area contributed by atoms with Crippen molar-refractivity contribution >= 4 is 18.0 Å². The van der Waals surface area contributed by atoms with Crippen molar-refractivity contribution in [3.63, 3.8) is 0 Å². The number of hydrogen-bond acceptors (Lipinski definition) is 6. The Balaban J connectivity index is 1.84. The standard InChI is InChI=1S/C24H29NO6/c1-4-14-30-21-12-10-18(15-22(21)29-5-2)11-13-24(27)31-17-23(26)25-16-19-8-6-7-9-20(19)28-3/h6-13,15H,4-5,14,16-17H2,1-3H3,(H,25,26)/b13-11+. The summed E-state index contributed by atoms with van der Waals surface area (Å²) in [7, 11) is 1.57. The minimum atomic E-state index is -0.614. The van der Waals surface area contributed by atoms with Crippen LogP contribution in [0.4, 0.5) is 0 Å². The van der Waals surface area contributed by atoms with Crippen molar-refractivity contribution < 1.29 is 28.5 Å². The maximum Gasteiger partial charge on any atom is 0.331 e. The van der Waals surface area contributed by atoms with Crippen LogP contribution in [0.15, 0.2) is 48.5 Å². The molecule has 0 atom stereocenters. The van der Waals surface area contributed by atoms with E-state index in [1.807, 2.05) is 44.2 Å². The Morgan fingerprint density at radius 3 is 2.55 bits per heavy atom. The Bertz CT molecular complexity index is 893. The first kappa shape index (κ1) is 23.8. The predicted octanol–water partition coefficient (Wildman–Crippen LogP) is 3.76. The Morgan fingerprint density at radius 2 is 1.81 bits per heavy atom. The molecule has 0 spiro atoms. The van der Waals surface area contributed by atoms with Gasteiger partial charge in [-0.15, -0.1) is 0 Å². The molecule has 1 N–H and O–H groups in total. The first-order valence-electron chi connectivity index (χ1n) is 10.2. The van der Waals surface area contributed by atoms with E-state index >= 15 is 0 Å². The van der Waals surface area contributed by atoms with Crippen molar-refractivity contribution in [2.24, 2.45) is 0 Å². The van der Waals surface area contributed by atoms with Gasteiger partial charge in [0.05, 0.1) is 20.3 Å². The van der Waals surface area contributed by atoms with Gasteiger partial charge in [-0.25, -0.2) is 4.79 Å². The highest BCUT2D eigenvalue weighted by molar-refractivity contribution is 5.89. The number of carbonyl (C=O) groups excluding carboxylic acids is 2. The number of amides is 1. The highest BCUT2D eigenvalue weighted by Gasteiger charge is 2.08. The van der Waals surface area contributed by atoms with Crippen LogP contribution in [0.5, 0.6) is 17.2 Å². The summed E-state index contributed by atoms with van der Waals surface area (Å²) in [5, 5.41) is 2.70. The number of nitrogens with one attached hydrogen (secondary N) is 1. The largest absolute Gasteiger partial charge is 0.496 e. The van der Waals surface area contributed by atoms with Crippen LogP contribution >= 0.6 is 0 Å². The average molecular weight is 427 g/mol. The van der Waals surface area contributed by atoms with E-state index in [1.165, 1.54) is 6.08 Å². The zero-order valence-electron chi connectivity index (χ0n) is 18.2. The summed E-state index contributed by atoms with van der Waals surface area (Å²) in [6, 6.07) is 12.8. The molecule has 1 amide bonds. The first-order chi connectivity index (χ1) is 15.1. The molecule has 0 saturated heterocycles. The van der Waals surface area contributed by atoms with E-state index in [0.717, 1.165) is 17.5 Å². The van der Waals surface area contributed by atoms with Crippen molar-refractivity contribution in [2.45, 2.75) is 26.8 Å². The summed E-state index contributed by atoms with van der Waals surface area (Å²) in [6.07, 6.45) is 3.76. The van der Waals surface area contributed by atoms with E-state index in [2.05, 4.69) is 5.32 Å². The smallest absolute Gasteiger partial charge is 0.331 e. The molecule has 0 bridgehead atoms. The molecule has 2 rings (SSSR count). The molecular formula is C24H29NO6. The minimum absolute atomic E-state index is 0.281. The summed E-state index contributed by atoms with van der Waals surface area (Å²) < 4.78 is 21.5. The number of esters is 1. The lowest BCUT2D eigenvalue weighted by Crippen LogP contribution is -2.28. The summed E-state index contributed by atoms with van der Waals surface area (Å²) in [5.41, 5.74) is 1.59. The zero-order valence-corrected chi connectivity index (χ0v) is 18.2. The van der Waals surface area contributed by atoms with E-state index in [9.17, 15) is 9.59 Å². The van der Waals surface area contributed by atoms with Gasteiger partial charge >= 0.3 is 5.97 Å². The van der Waals surface area contributed by atoms with Crippen LogP contribution < -0.4 is 19.5 Å². The summed E-state index contributed by atoms with van der Waals surface area (Å²) >= 11 is 0. The highest BCUT2D eigenvalue weighted by Crippen LogP contribution is 2.29. The quantitative estimate of drug-likeness (QED) is 0.410. The third-order valence-corrected chi connectivity index (χ3v) is 4.16. The van der Waals surface area contributed by atoms with Crippen molar-refractivity contribution in [1.29, 1.82) is 0 Å². The van der Waals surface area contributed by atoms with Crippen molar-refractivity contribution in [1.82, 2.24) is 5.32 Å². The van der Waals surface area contributed by atoms with Gasteiger partial charge in [0.2, 0.25) is 0 Å². The van der Waals surface area contributed by atoms with Gasteiger partial charge in [0, 0.05) is 18.2 Å². The van der Waals surface area contributed by atoms with E-state index < -0.39 is 11.9 Å². The monoisotopic (exact) mass is 427 g/mol. The fourth-order valence-electron chi connectivity index (χ4n) is 2.67. The van der Waals surface area contributed by atoms with E-state index in [0.29, 0.717) is 30.5 Å². The number of hydrogen-bond donors (Lipinski definition) is 1. The molecule has 0 saturated carbocycles. The molecule has 31 heavy (non-hydrogen) atoms. The second-order valence-corrected chi connectivity index (χ2v) is 6.52. The molecule has 0 aromatic heterocycles. The molecule has 7 heteroatoms. The van der Waals surface area contributed by atoms with Crippen LogP contribution in [-0.4, -0.2) is 38.8 Å². The SMILES string of the molecule is CCCOc1ccc(/C=C/C(=O)OCC(=O)NCc2ccccc2OC)cc1OCC. The normalized spacial score (nSPS) is 10.5. The van der Waals surface area contributed by atoms with Crippen molar-refractivity contribution in [2.75, 3.05) is 26.9 Å². The lowest BCUT2D eigenvalue weighted by atomic mass is 10.2. The maximum absolute atomic E-state index is 12.0.